The number of ether oxygens (including phenoxy) is 3. The fraction of sp³-hybridized carbons (Fsp3) is 0.533. The van der Waals surface area contributed by atoms with Crippen LogP contribution in [0.15, 0.2) is 30.3 Å². The molecule has 1 saturated heterocycles. The molecule has 1 N–H and O–H groups in total. The Hall–Kier alpha value is -1.43. The summed E-state index contributed by atoms with van der Waals surface area (Å²) in [6.45, 7) is 0.929. The molecule has 1 aliphatic rings. The van der Waals surface area contributed by atoms with Crippen molar-refractivity contribution in [2.75, 3.05) is 27.4 Å². The standard InChI is InChI=1S/C15H21NO4/c1-18-13-10-20-12(15(13)19-2)9-16-14(17)8-11-6-4-3-5-7-11/h3-7,12-13,15H,8-10H2,1-2H3,(H,16,17). The first kappa shape index (κ1) is 15.0. The second kappa shape index (κ2) is 7.38. The van der Waals surface area contributed by atoms with Crippen molar-refractivity contribution in [2.24, 2.45) is 0 Å². The van der Waals surface area contributed by atoms with E-state index >= 15 is 0 Å². The number of hydrogen-bond donors (Lipinski definition) is 1. The van der Waals surface area contributed by atoms with E-state index in [9.17, 15) is 4.79 Å². The maximum atomic E-state index is 11.9. The largest absolute Gasteiger partial charge is 0.376 e. The molecular formula is C15H21NO4. The van der Waals surface area contributed by atoms with Crippen LogP contribution in [0.5, 0.6) is 0 Å². The van der Waals surface area contributed by atoms with Crippen LogP contribution in [0.4, 0.5) is 0 Å². The lowest BCUT2D eigenvalue weighted by Gasteiger charge is -2.20. The van der Waals surface area contributed by atoms with Crippen LogP contribution in [-0.4, -0.2) is 51.6 Å². The van der Waals surface area contributed by atoms with E-state index in [0.29, 0.717) is 19.6 Å². The summed E-state index contributed by atoms with van der Waals surface area (Å²) in [6.07, 6.45) is -0.00318. The minimum absolute atomic E-state index is 0.0180. The molecule has 5 nitrogen and oxygen atoms in total. The number of amides is 1. The first-order chi connectivity index (χ1) is 9.74. The molecule has 0 bridgehead atoms. The molecule has 0 aromatic heterocycles. The van der Waals surface area contributed by atoms with E-state index < -0.39 is 0 Å². The normalized spacial score (nSPS) is 25.6. The molecule has 110 valence electrons. The average molecular weight is 279 g/mol. The van der Waals surface area contributed by atoms with Crippen molar-refractivity contribution in [1.29, 1.82) is 0 Å². The molecule has 2 rings (SSSR count). The predicted molar refractivity (Wildman–Crippen MR) is 74.5 cm³/mol. The van der Waals surface area contributed by atoms with Crippen molar-refractivity contribution in [1.82, 2.24) is 5.32 Å². The molecule has 1 aromatic carbocycles. The molecule has 0 aliphatic carbocycles. The second-order valence-electron chi connectivity index (χ2n) is 4.81. The summed E-state index contributed by atoms with van der Waals surface area (Å²) >= 11 is 0. The lowest BCUT2D eigenvalue weighted by atomic mass is 10.1. The molecule has 20 heavy (non-hydrogen) atoms. The van der Waals surface area contributed by atoms with E-state index in [1.54, 1.807) is 14.2 Å². The topological polar surface area (TPSA) is 56.8 Å². The Labute approximate surface area is 119 Å². The summed E-state index contributed by atoms with van der Waals surface area (Å²) in [7, 11) is 3.26. The number of carbonyl (C=O) groups is 1. The van der Waals surface area contributed by atoms with E-state index in [1.807, 2.05) is 30.3 Å². The van der Waals surface area contributed by atoms with Gasteiger partial charge in [0.15, 0.2) is 0 Å². The van der Waals surface area contributed by atoms with Gasteiger partial charge >= 0.3 is 0 Å². The number of benzene rings is 1. The number of nitrogens with one attached hydrogen (secondary N) is 1. The van der Waals surface area contributed by atoms with Crippen molar-refractivity contribution in [3.8, 4) is 0 Å². The monoisotopic (exact) mass is 279 g/mol. The number of hydrogen-bond acceptors (Lipinski definition) is 4. The van der Waals surface area contributed by atoms with Gasteiger partial charge in [0.05, 0.1) is 13.0 Å². The highest BCUT2D eigenvalue weighted by Gasteiger charge is 2.37. The van der Waals surface area contributed by atoms with Gasteiger partial charge in [0.1, 0.15) is 18.3 Å². The third-order valence-corrected chi connectivity index (χ3v) is 3.49. The Bertz CT molecular complexity index is 423. The molecule has 1 heterocycles. The molecule has 1 aromatic rings. The minimum Gasteiger partial charge on any atom is -0.376 e. The van der Waals surface area contributed by atoms with Gasteiger partial charge in [-0.05, 0) is 5.56 Å². The van der Waals surface area contributed by atoms with Crippen LogP contribution in [0.1, 0.15) is 5.56 Å². The van der Waals surface area contributed by atoms with Gasteiger partial charge in [-0.1, -0.05) is 30.3 Å². The summed E-state index contributed by atoms with van der Waals surface area (Å²) in [6, 6.07) is 9.65. The van der Waals surface area contributed by atoms with Crippen LogP contribution in [0.2, 0.25) is 0 Å². The molecule has 0 saturated carbocycles. The molecule has 0 spiro atoms. The summed E-state index contributed by atoms with van der Waals surface area (Å²) in [5, 5.41) is 2.88. The smallest absolute Gasteiger partial charge is 0.224 e. The SMILES string of the molecule is COC1COC(CNC(=O)Cc2ccccc2)C1OC. The lowest BCUT2D eigenvalue weighted by Crippen LogP contribution is -2.41. The molecule has 1 aliphatic heterocycles. The van der Waals surface area contributed by atoms with Crippen molar-refractivity contribution in [3.05, 3.63) is 35.9 Å². The van der Waals surface area contributed by atoms with Crippen LogP contribution < -0.4 is 5.32 Å². The van der Waals surface area contributed by atoms with Crippen molar-refractivity contribution >= 4 is 5.91 Å². The quantitative estimate of drug-likeness (QED) is 0.836. The van der Waals surface area contributed by atoms with E-state index in [2.05, 4.69) is 5.32 Å². The van der Waals surface area contributed by atoms with Gasteiger partial charge in [-0.2, -0.15) is 0 Å². The van der Waals surface area contributed by atoms with E-state index in [0.717, 1.165) is 5.56 Å². The van der Waals surface area contributed by atoms with Gasteiger partial charge in [0.25, 0.3) is 0 Å². The van der Waals surface area contributed by atoms with Crippen LogP contribution in [0, 0.1) is 0 Å². The molecule has 1 amide bonds. The van der Waals surface area contributed by atoms with Crippen LogP contribution >= 0.6 is 0 Å². The zero-order valence-electron chi connectivity index (χ0n) is 11.9. The van der Waals surface area contributed by atoms with Crippen molar-refractivity contribution < 1.29 is 19.0 Å². The van der Waals surface area contributed by atoms with E-state index in [-0.39, 0.29) is 24.2 Å². The number of carbonyl (C=O) groups excluding carboxylic acids is 1. The zero-order chi connectivity index (χ0) is 14.4. The highest BCUT2D eigenvalue weighted by molar-refractivity contribution is 5.78. The summed E-state index contributed by atoms with van der Waals surface area (Å²) < 4.78 is 16.3. The zero-order valence-corrected chi connectivity index (χ0v) is 11.9. The first-order valence-corrected chi connectivity index (χ1v) is 6.72. The molecule has 3 atom stereocenters. The summed E-state index contributed by atoms with van der Waals surface area (Å²) in [5.74, 6) is -0.0180. The second-order valence-corrected chi connectivity index (χ2v) is 4.81. The minimum atomic E-state index is -0.162. The van der Waals surface area contributed by atoms with Gasteiger partial charge in [0.2, 0.25) is 5.91 Å². The van der Waals surface area contributed by atoms with Crippen LogP contribution in [0.3, 0.4) is 0 Å². The predicted octanol–water partition coefficient (Wildman–Crippen LogP) is 0.774. The highest BCUT2D eigenvalue weighted by Crippen LogP contribution is 2.19. The fourth-order valence-electron chi connectivity index (χ4n) is 2.39. The molecule has 5 heteroatoms. The van der Waals surface area contributed by atoms with Crippen molar-refractivity contribution in [2.45, 2.75) is 24.7 Å². The number of methoxy groups -OCH3 is 2. The lowest BCUT2D eigenvalue weighted by molar-refractivity contribution is -0.121. The van der Waals surface area contributed by atoms with Crippen molar-refractivity contribution in [3.63, 3.8) is 0 Å². The maximum Gasteiger partial charge on any atom is 0.224 e. The third kappa shape index (κ3) is 3.79. The molecule has 3 unspecified atom stereocenters. The molecule has 1 fully saturated rings. The van der Waals surface area contributed by atoms with E-state index in [4.69, 9.17) is 14.2 Å². The van der Waals surface area contributed by atoms with E-state index in [1.165, 1.54) is 0 Å². The van der Waals surface area contributed by atoms with Crippen LogP contribution in [0.25, 0.3) is 0 Å². The average Bonchev–Trinajstić information content (AvgIpc) is 2.88. The van der Waals surface area contributed by atoms with Crippen LogP contribution in [-0.2, 0) is 25.4 Å². The summed E-state index contributed by atoms with van der Waals surface area (Å²) in [4.78, 5) is 11.9. The van der Waals surface area contributed by atoms with Gasteiger partial charge in [-0.3, -0.25) is 4.79 Å². The Morgan fingerprint density at radius 1 is 1.30 bits per heavy atom. The first-order valence-electron chi connectivity index (χ1n) is 6.72. The summed E-state index contributed by atoms with van der Waals surface area (Å²) in [5.41, 5.74) is 0.996. The Kier molecular flexibility index (Phi) is 5.52. The Morgan fingerprint density at radius 3 is 2.70 bits per heavy atom. The van der Waals surface area contributed by atoms with Gasteiger partial charge in [-0.25, -0.2) is 0 Å². The van der Waals surface area contributed by atoms with Gasteiger partial charge in [0, 0.05) is 20.8 Å². The molecular weight excluding hydrogens is 258 g/mol. The molecule has 0 radical (unpaired) electrons. The maximum absolute atomic E-state index is 11.9. The van der Waals surface area contributed by atoms with Gasteiger partial charge < -0.3 is 19.5 Å². The highest BCUT2D eigenvalue weighted by atomic mass is 16.6. The van der Waals surface area contributed by atoms with Gasteiger partial charge in [-0.15, -0.1) is 0 Å². The third-order valence-electron chi connectivity index (χ3n) is 3.49. The number of rotatable bonds is 6. The Balaban J connectivity index is 1.79. The Morgan fingerprint density at radius 2 is 2.05 bits per heavy atom. The fourth-order valence-corrected chi connectivity index (χ4v) is 2.39.